The normalized spacial score (nSPS) is 10.4. The molecular weight excluding hydrogens is 294 g/mol. The van der Waals surface area contributed by atoms with E-state index in [1.807, 2.05) is 0 Å². The molecule has 0 aromatic carbocycles. The monoisotopic (exact) mass is 307 g/mol. The number of hydrogen-bond donors (Lipinski definition) is 0. The molecule has 3 heterocycles. The van der Waals surface area contributed by atoms with Crippen LogP contribution in [0.5, 0.6) is 0 Å². The summed E-state index contributed by atoms with van der Waals surface area (Å²) in [6, 6.07) is 8.62. The van der Waals surface area contributed by atoms with Crippen molar-refractivity contribution in [1.29, 1.82) is 0 Å². The first kappa shape index (κ1) is 14.6. The molecule has 6 heteroatoms. The Balaban J connectivity index is 1.98. The lowest BCUT2D eigenvalue weighted by Crippen LogP contribution is -2.35. The van der Waals surface area contributed by atoms with Crippen LogP contribution in [0.2, 0.25) is 0 Å². The van der Waals surface area contributed by atoms with Crippen molar-refractivity contribution in [2.45, 2.75) is 6.54 Å². The Hall–Kier alpha value is -3.33. The molecule has 0 radical (unpaired) electrons. The number of rotatable bonds is 4. The van der Waals surface area contributed by atoms with Gasteiger partial charge in [-0.3, -0.25) is 14.0 Å². The second-order valence-corrected chi connectivity index (χ2v) is 4.85. The van der Waals surface area contributed by atoms with Gasteiger partial charge in [-0.1, -0.05) is 12.0 Å². The lowest BCUT2D eigenvalue weighted by molar-refractivity contribution is 0.0753. The van der Waals surface area contributed by atoms with Crippen LogP contribution in [0.25, 0.3) is 5.65 Å². The smallest absolute Gasteiger partial charge is 0.270 e. The van der Waals surface area contributed by atoms with Crippen molar-refractivity contribution in [3.05, 3.63) is 70.7 Å². The van der Waals surface area contributed by atoms with Crippen LogP contribution < -0.4 is 5.56 Å². The van der Waals surface area contributed by atoms with Crippen molar-refractivity contribution < 1.29 is 9.21 Å². The maximum absolute atomic E-state index is 12.7. The minimum atomic E-state index is -0.477. The average molecular weight is 307 g/mol. The molecule has 3 rings (SSSR count). The van der Waals surface area contributed by atoms with Gasteiger partial charge < -0.3 is 9.32 Å². The Kier molecular flexibility index (Phi) is 3.93. The molecule has 3 aromatic heterocycles. The summed E-state index contributed by atoms with van der Waals surface area (Å²) in [4.78, 5) is 30.7. The lowest BCUT2D eigenvalue weighted by Gasteiger charge is -2.18. The molecule has 0 bridgehead atoms. The van der Waals surface area contributed by atoms with Crippen molar-refractivity contribution >= 4 is 11.6 Å². The van der Waals surface area contributed by atoms with Crippen molar-refractivity contribution in [3.63, 3.8) is 0 Å². The molecule has 0 aliphatic carbocycles. The van der Waals surface area contributed by atoms with E-state index in [-0.39, 0.29) is 18.7 Å². The molecule has 0 atom stereocenters. The van der Waals surface area contributed by atoms with Crippen LogP contribution >= 0.6 is 0 Å². The van der Waals surface area contributed by atoms with Crippen molar-refractivity contribution in [3.8, 4) is 12.3 Å². The van der Waals surface area contributed by atoms with Gasteiger partial charge in [0.05, 0.1) is 19.4 Å². The van der Waals surface area contributed by atoms with Crippen LogP contribution in [0.15, 0.2) is 58.2 Å². The number of hydrogen-bond acceptors (Lipinski definition) is 4. The molecule has 0 spiro atoms. The Morgan fingerprint density at radius 3 is 2.96 bits per heavy atom. The number of amides is 1. The summed E-state index contributed by atoms with van der Waals surface area (Å²) in [5.74, 6) is 2.53. The van der Waals surface area contributed by atoms with E-state index < -0.39 is 11.5 Å². The van der Waals surface area contributed by atoms with Crippen molar-refractivity contribution in [2.24, 2.45) is 0 Å². The topological polar surface area (TPSA) is 67.8 Å². The standard InChI is InChI=1S/C17H13N3O3/c1-2-8-19(12-13-6-5-10-23-13)16(21)14-11-18-15-7-3-4-9-20(15)17(14)22/h1,3-7,9-11H,8,12H2. The summed E-state index contributed by atoms with van der Waals surface area (Å²) in [7, 11) is 0. The molecule has 0 aliphatic rings. The fraction of sp³-hybridized carbons (Fsp3) is 0.118. The van der Waals surface area contributed by atoms with Crippen molar-refractivity contribution in [1.82, 2.24) is 14.3 Å². The number of carbonyl (C=O) groups is 1. The van der Waals surface area contributed by atoms with E-state index in [2.05, 4.69) is 10.9 Å². The van der Waals surface area contributed by atoms with Gasteiger partial charge >= 0.3 is 0 Å². The Bertz CT molecular complexity index is 936. The fourth-order valence-electron chi connectivity index (χ4n) is 2.24. The second-order valence-electron chi connectivity index (χ2n) is 4.85. The van der Waals surface area contributed by atoms with Gasteiger partial charge in [0.1, 0.15) is 17.0 Å². The summed E-state index contributed by atoms with van der Waals surface area (Å²) in [5, 5.41) is 0. The SMILES string of the molecule is C#CCN(Cc1ccco1)C(=O)c1cnc2ccccn2c1=O. The minimum absolute atomic E-state index is 0.0319. The Morgan fingerprint density at radius 2 is 2.22 bits per heavy atom. The van der Waals surface area contributed by atoms with Crippen LogP contribution in [-0.2, 0) is 6.54 Å². The van der Waals surface area contributed by atoms with Gasteiger partial charge in [0.15, 0.2) is 0 Å². The maximum Gasteiger partial charge on any atom is 0.270 e. The van der Waals surface area contributed by atoms with Gasteiger partial charge in [0.25, 0.3) is 11.5 Å². The first-order valence-corrected chi connectivity index (χ1v) is 6.92. The Morgan fingerprint density at radius 1 is 1.35 bits per heavy atom. The predicted octanol–water partition coefficient (Wildman–Crippen LogP) is 1.56. The zero-order chi connectivity index (χ0) is 16.2. The number of nitrogens with zero attached hydrogens (tertiary/aromatic N) is 3. The van der Waals surface area contributed by atoms with Crippen LogP contribution in [0.4, 0.5) is 0 Å². The van der Waals surface area contributed by atoms with Gasteiger partial charge in [0.2, 0.25) is 0 Å². The number of fused-ring (bicyclic) bond motifs is 1. The molecule has 114 valence electrons. The molecule has 3 aromatic rings. The summed E-state index contributed by atoms with van der Waals surface area (Å²) >= 11 is 0. The highest BCUT2D eigenvalue weighted by molar-refractivity contribution is 5.93. The molecule has 0 N–H and O–H groups in total. The summed E-state index contributed by atoms with van der Waals surface area (Å²) < 4.78 is 6.56. The average Bonchev–Trinajstić information content (AvgIpc) is 3.08. The summed E-state index contributed by atoms with van der Waals surface area (Å²) in [6.45, 7) is 0.253. The molecular formula is C17H13N3O3. The van der Waals surface area contributed by atoms with Crippen molar-refractivity contribution in [2.75, 3.05) is 6.54 Å². The fourth-order valence-corrected chi connectivity index (χ4v) is 2.24. The molecule has 6 nitrogen and oxygen atoms in total. The Labute approximate surface area is 132 Å². The van der Waals surface area contributed by atoms with Crippen LogP contribution in [0, 0.1) is 12.3 Å². The first-order chi connectivity index (χ1) is 11.2. The van der Waals surface area contributed by atoms with E-state index in [1.54, 1.807) is 36.5 Å². The molecule has 0 aliphatic heterocycles. The largest absolute Gasteiger partial charge is 0.467 e. The summed E-state index contributed by atoms with van der Waals surface area (Å²) in [6.07, 6.45) is 9.70. The third-order valence-corrected chi connectivity index (χ3v) is 3.34. The number of carbonyl (C=O) groups excluding carboxylic acids is 1. The zero-order valence-corrected chi connectivity index (χ0v) is 12.2. The zero-order valence-electron chi connectivity index (χ0n) is 12.2. The lowest BCUT2D eigenvalue weighted by atomic mass is 10.2. The molecule has 0 saturated carbocycles. The minimum Gasteiger partial charge on any atom is -0.467 e. The maximum atomic E-state index is 12.7. The van der Waals surface area contributed by atoms with Crippen LogP contribution in [-0.4, -0.2) is 26.7 Å². The molecule has 0 saturated heterocycles. The highest BCUT2D eigenvalue weighted by atomic mass is 16.3. The highest BCUT2D eigenvalue weighted by Crippen LogP contribution is 2.08. The quantitative estimate of drug-likeness (QED) is 0.686. The third-order valence-electron chi connectivity index (χ3n) is 3.34. The third kappa shape index (κ3) is 2.85. The van der Waals surface area contributed by atoms with E-state index in [0.717, 1.165) is 0 Å². The number of furan rings is 1. The van der Waals surface area contributed by atoms with Crippen LogP contribution in [0.1, 0.15) is 16.1 Å². The van der Waals surface area contributed by atoms with E-state index in [0.29, 0.717) is 11.4 Å². The van der Waals surface area contributed by atoms with Gasteiger partial charge in [-0.25, -0.2) is 4.98 Å². The van der Waals surface area contributed by atoms with E-state index in [1.165, 1.54) is 21.8 Å². The second kappa shape index (κ2) is 6.20. The van der Waals surface area contributed by atoms with E-state index >= 15 is 0 Å². The summed E-state index contributed by atoms with van der Waals surface area (Å²) in [5.41, 5.74) is 0.0150. The molecule has 0 fully saturated rings. The van der Waals surface area contributed by atoms with E-state index in [4.69, 9.17) is 10.8 Å². The number of aromatic nitrogens is 2. The van der Waals surface area contributed by atoms with Gasteiger partial charge in [0, 0.05) is 12.4 Å². The highest BCUT2D eigenvalue weighted by Gasteiger charge is 2.20. The molecule has 1 amide bonds. The number of pyridine rings is 1. The number of terminal acetylenes is 1. The molecule has 23 heavy (non-hydrogen) atoms. The first-order valence-electron chi connectivity index (χ1n) is 6.92. The van der Waals surface area contributed by atoms with Gasteiger partial charge in [-0.15, -0.1) is 6.42 Å². The van der Waals surface area contributed by atoms with Gasteiger partial charge in [-0.2, -0.15) is 0 Å². The van der Waals surface area contributed by atoms with Crippen LogP contribution in [0.3, 0.4) is 0 Å². The predicted molar refractivity (Wildman–Crippen MR) is 83.7 cm³/mol. The van der Waals surface area contributed by atoms with Gasteiger partial charge in [-0.05, 0) is 24.3 Å². The van der Waals surface area contributed by atoms with E-state index in [9.17, 15) is 9.59 Å². The molecule has 0 unspecified atom stereocenters.